The number of cyclic esters (lactones) is 1. The summed E-state index contributed by atoms with van der Waals surface area (Å²) in [6.07, 6.45) is 10.3. The SMILES string of the molecule is C#CCCC/C=C(\O[Si](C(C)C)(C(C)C)C(C)C)N1C(=O)OC[C@@H]1Cc1ccccc1. The lowest BCUT2D eigenvalue weighted by Crippen LogP contribution is -2.50. The zero-order valence-electron chi connectivity index (χ0n) is 20.1. The quantitative estimate of drug-likeness (QED) is 0.162. The first-order valence-corrected chi connectivity index (χ1v) is 13.7. The van der Waals surface area contributed by atoms with Crippen LogP contribution in [0.25, 0.3) is 0 Å². The van der Waals surface area contributed by atoms with Gasteiger partial charge in [0.15, 0.2) is 5.88 Å². The van der Waals surface area contributed by atoms with Crippen LogP contribution in [0.5, 0.6) is 0 Å². The molecule has 2 rings (SSSR count). The highest BCUT2D eigenvalue weighted by molar-refractivity contribution is 6.77. The summed E-state index contributed by atoms with van der Waals surface area (Å²) < 4.78 is 12.5. The number of nitrogens with zero attached hydrogens (tertiary/aromatic N) is 1. The lowest BCUT2D eigenvalue weighted by molar-refractivity contribution is 0.149. The number of allylic oxidation sites excluding steroid dienone is 1. The van der Waals surface area contributed by atoms with Gasteiger partial charge in [-0.1, -0.05) is 71.9 Å². The average Bonchev–Trinajstić information content (AvgIpc) is 3.07. The fraction of sp³-hybridized carbons (Fsp3) is 0.577. The Kier molecular flexibility index (Phi) is 9.25. The molecule has 0 aromatic heterocycles. The summed E-state index contributed by atoms with van der Waals surface area (Å²) in [5, 5.41) is 0. The average molecular weight is 442 g/mol. The first-order valence-electron chi connectivity index (χ1n) is 11.6. The Hall–Kier alpha value is -2.19. The summed E-state index contributed by atoms with van der Waals surface area (Å²) in [6.45, 7) is 13.9. The number of hydrogen-bond acceptors (Lipinski definition) is 3. The maximum absolute atomic E-state index is 12.9. The number of carbonyl (C=O) groups is 1. The lowest BCUT2D eigenvalue weighted by atomic mass is 10.1. The van der Waals surface area contributed by atoms with Gasteiger partial charge < -0.3 is 9.16 Å². The molecule has 1 aromatic carbocycles. The van der Waals surface area contributed by atoms with Gasteiger partial charge in [-0.15, -0.1) is 12.3 Å². The molecule has 0 bridgehead atoms. The number of hydrogen-bond donors (Lipinski definition) is 0. The van der Waals surface area contributed by atoms with Gasteiger partial charge in [-0.25, -0.2) is 9.69 Å². The minimum atomic E-state index is -2.24. The summed E-state index contributed by atoms with van der Waals surface area (Å²) in [7, 11) is -2.24. The van der Waals surface area contributed by atoms with Crippen molar-refractivity contribution in [1.29, 1.82) is 0 Å². The van der Waals surface area contributed by atoms with Crippen molar-refractivity contribution in [3.05, 3.63) is 47.9 Å². The van der Waals surface area contributed by atoms with Crippen molar-refractivity contribution in [3.63, 3.8) is 0 Å². The first kappa shape index (κ1) is 25.1. The van der Waals surface area contributed by atoms with Gasteiger partial charge in [0.2, 0.25) is 0 Å². The highest BCUT2D eigenvalue weighted by atomic mass is 28.4. The molecule has 1 aliphatic heterocycles. The Morgan fingerprint density at radius 3 is 2.35 bits per heavy atom. The zero-order valence-corrected chi connectivity index (χ0v) is 21.1. The molecule has 1 aromatic rings. The molecule has 31 heavy (non-hydrogen) atoms. The number of ether oxygens (including phenoxy) is 1. The smallest absolute Gasteiger partial charge is 0.417 e. The van der Waals surface area contributed by atoms with Crippen molar-refractivity contribution in [2.45, 2.75) is 89.9 Å². The molecule has 0 aliphatic carbocycles. The molecule has 0 unspecified atom stereocenters. The number of unbranched alkanes of at least 4 members (excludes halogenated alkanes) is 2. The second-order valence-corrected chi connectivity index (χ2v) is 14.7. The van der Waals surface area contributed by atoms with Gasteiger partial charge in [-0.2, -0.15) is 0 Å². The normalized spacial score (nSPS) is 17.4. The monoisotopic (exact) mass is 441 g/mol. The van der Waals surface area contributed by atoms with Crippen molar-refractivity contribution in [1.82, 2.24) is 4.90 Å². The van der Waals surface area contributed by atoms with Gasteiger partial charge in [0, 0.05) is 6.42 Å². The predicted molar refractivity (Wildman–Crippen MR) is 130 cm³/mol. The van der Waals surface area contributed by atoms with Gasteiger partial charge in [0.1, 0.15) is 6.61 Å². The molecule has 1 fully saturated rings. The van der Waals surface area contributed by atoms with E-state index in [1.54, 1.807) is 4.90 Å². The lowest BCUT2D eigenvalue weighted by Gasteiger charge is -2.44. The Bertz CT molecular complexity index is 758. The highest BCUT2D eigenvalue weighted by Crippen LogP contribution is 2.44. The van der Waals surface area contributed by atoms with Crippen LogP contribution < -0.4 is 0 Å². The minimum Gasteiger partial charge on any atom is -0.531 e. The molecular formula is C26H39NO3Si. The molecule has 1 amide bonds. The van der Waals surface area contributed by atoms with Gasteiger partial charge in [0.25, 0.3) is 8.32 Å². The summed E-state index contributed by atoms with van der Waals surface area (Å²) in [5.41, 5.74) is 2.41. The fourth-order valence-corrected chi connectivity index (χ4v) is 10.2. The molecule has 170 valence electrons. The summed E-state index contributed by atoms with van der Waals surface area (Å²) in [6, 6.07) is 10.2. The molecule has 0 saturated carbocycles. The van der Waals surface area contributed by atoms with Crippen LogP contribution in [0.2, 0.25) is 16.6 Å². The molecule has 0 N–H and O–H groups in total. The highest BCUT2D eigenvalue weighted by Gasteiger charge is 2.49. The summed E-state index contributed by atoms with van der Waals surface area (Å²) in [5.74, 6) is 3.37. The number of amides is 1. The van der Waals surface area contributed by atoms with Crippen LogP contribution in [0.15, 0.2) is 42.3 Å². The van der Waals surface area contributed by atoms with E-state index in [9.17, 15) is 4.79 Å². The first-order chi connectivity index (χ1) is 14.7. The van der Waals surface area contributed by atoms with Crippen molar-refractivity contribution < 1.29 is 14.0 Å². The maximum atomic E-state index is 12.9. The topological polar surface area (TPSA) is 38.8 Å². The third-order valence-corrected chi connectivity index (χ3v) is 12.3. The molecule has 1 saturated heterocycles. The number of terminal acetylenes is 1. The zero-order chi connectivity index (χ0) is 23.0. The molecule has 5 heteroatoms. The van der Waals surface area contributed by atoms with Crippen LogP contribution >= 0.6 is 0 Å². The predicted octanol–water partition coefficient (Wildman–Crippen LogP) is 6.89. The van der Waals surface area contributed by atoms with Crippen molar-refractivity contribution >= 4 is 14.4 Å². The standard InChI is InChI=1S/C26H39NO3Si/c1-8-9-10-14-17-25(30-31(20(2)3,21(4)5)22(6)7)27-24(19-29-26(27)28)18-23-15-12-11-13-16-23/h1,11-13,15-17,20-22,24H,9-10,14,18-19H2,2-7H3/b25-17-/t24-/m0/s1. The van der Waals surface area contributed by atoms with Crippen LogP contribution in [-0.2, 0) is 15.6 Å². The van der Waals surface area contributed by atoms with E-state index < -0.39 is 8.32 Å². The van der Waals surface area contributed by atoms with Gasteiger partial charge in [-0.05, 0) is 47.5 Å². The van der Waals surface area contributed by atoms with Crippen LogP contribution in [0.3, 0.4) is 0 Å². The maximum Gasteiger partial charge on any atom is 0.417 e. The third-order valence-electron chi connectivity index (χ3n) is 6.35. The molecule has 1 heterocycles. The molecular weight excluding hydrogens is 402 g/mol. The second-order valence-electron chi connectivity index (χ2n) is 9.35. The van der Waals surface area contributed by atoms with E-state index in [1.807, 2.05) is 18.2 Å². The molecule has 0 radical (unpaired) electrons. The van der Waals surface area contributed by atoms with Gasteiger partial charge in [0.05, 0.1) is 6.04 Å². The van der Waals surface area contributed by atoms with Crippen LogP contribution in [-0.4, -0.2) is 32.0 Å². The molecule has 1 aliphatic rings. The number of carbonyl (C=O) groups excluding carboxylic acids is 1. The van der Waals surface area contributed by atoms with E-state index in [-0.39, 0.29) is 12.1 Å². The van der Waals surface area contributed by atoms with Crippen molar-refractivity contribution in [2.24, 2.45) is 0 Å². The summed E-state index contributed by atoms with van der Waals surface area (Å²) in [4.78, 5) is 14.6. The largest absolute Gasteiger partial charge is 0.531 e. The van der Waals surface area contributed by atoms with Crippen molar-refractivity contribution in [3.8, 4) is 12.3 Å². The van der Waals surface area contributed by atoms with Gasteiger partial charge >= 0.3 is 6.09 Å². The Labute approximate surface area is 190 Å². The van der Waals surface area contributed by atoms with Crippen LogP contribution in [0, 0.1) is 12.3 Å². The molecule has 4 nitrogen and oxygen atoms in total. The van der Waals surface area contributed by atoms with Crippen LogP contribution in [0.1, 0.15) is 66.4 Å². The van der Waals surface area contributed by atoms with E-state index in [1.165, 1.54) is 5.56 Å². The van der Waals surface area contributed by atoms with Crippen LogP contribution in [0.4, 0.5) is 4.79 Å². The van der Waals surface area contributed by atoms with E-state index in [4.69, 9.17) is 15.6 Å². The fourth-order valence-electron chi connectivity index (χ4n) is 4.92. The third kappa shape index (κ3) is 5.95. The Balaban J connectivity index is 2.41. The number of rotatable bonds is 11. The minimum absolute atomic E-state index is 0.0769. The second kappa shape index (κ2) is 11.4. The van der Waals surface area contributed by atoms with Gasteiger partial charge in [-0.3, -0.25) is 0 Å². The van der Waals surface area contributed by atoms with E-state index in [2.05, 4.69) is 65.7 Å². The molecule has 0 spiro atoms. The van der Waals surface area contributed by atoms with Crippen molar-refractivity contribution in [2.75, 3.05) is 6.61 Å². The Morgan fingerprint density at radius 1 is 1.19 bits per heavy atom. The Morgan fingerprint density at radius 2 is 1.81 bits per heavy atom. The van der Waals surface area contributed by atoms with E-state index in [0.717, 1.165) is 19.3 Å². The summed E-state index contributed by atoms with van der Waals surface area (Å²) >= 11 is 0. The number of benzene rings is 1. The molecule has 1 atom stereocenters. The van der Waals surface area contributed by atoms with E-state index >= 15 is 0 Å². The van der Waals surface area contributed by atoms with E-state index in [0.29, 0.717) is 35.5 Å².